The van der Waals surface area contributed by atoms with Crippen molar-refractivity contribution in [3.63, 3.8) is 0 Å². The van der Waals surface area contributed by atoms with Crippen LogP contribution in [0.4, 0.5) is 11.4 Å². The number of allylic oxidation sites excluding steroid dienone is 1. The average Bonchev–Trinajstić information content (AvgIpc) is 3.09. The van der Waals surface area contributed by atoms with Crippen molar-refractivity contribution in [2.45, 2.75) is 44.9 Å². The molecule has 2 aromatic rings. The first-order chi connectivity index (χ1) is 11.8. The number of anilines is 1. The summed E-state index contributed by atoms with van der Waals surface area (Å²) in [6, 6.07) is 13.2. The van der Waals surface area contributed by atoms with E-state index in [4.69, 9.17) is 0 Å². The number of rotatable bonds is 5. The van der Waals surface area contributed by atoms with Gasteiger partial charge in [0.15, 0.2) is 0 Å². The Morgan fingerprint density at radius 3 is 2.88 bits per heavy atom. The number of nitrogens with one attached hydrogen (secondary N) is 1. The molecule has 2 heteroatoms. The average molecular weight is 316 g/mol. The first-order valence-electron chi connectivity index (χ1n) is 9.00. The number of nitrogens with zero attached hydrogens (tertiary/aromatic N) is 1. The minimum atomic E-state index is 0.962. The van der Waals surface area contributed by atoms with Gasteiger partial charge < -0.3 is 5.32 Å². The summed E-state index contributed by atoms with van der Waals surface area (Å²) in [7, 11) is 0. The lowest BCUT2D eigenvalue weighted by Crippen LogP contribution is -2.04. The van der Waals surface area contributed by atoms with E-state index in [2.05, 4.69) is 53.3 Å². The van der Waals surface area contributed by atoms with Gasteiger partial charge in [-0.3, -0.25) is 4.99 Å². The van der Waals surface area contributed by atoms with Crippen molar-refractivity contribution >= 4 is 17.6 Å². The van der Waals surface area contributed by atoms with Gasteiger partial charge in [-0.05, 0) is 73.3 Å². The first-order valence-corrected chi connectivity index (χ1v) is 9.00. The summed E-state index contributed by atoms with van der Waals surface area (Å²) >= 11 is 0. The van der Waals surface area contributed by atoms with E-state index in [9.17, 15) is 0 Å². The van der Waals surface area contributed by atoms with Crippen LogP contribution in [0.3, 0.4) is 0 Å². The Morgan fingerprint density at radius 2 is 1.92 bits per heavy atom. The molecule has 2 aliphatic rings. The molecule has 4 rings (SSSR count). The van der Waals surface area contributed by atoms with E-state index in [1.807, 2.05) is 6.21 Å². The molecular weight excluding hydrogens is 292 g/mol. The number of hydrogen-bond acceptors (Lipinski definition) is 2. The van der Waals surface area contributed by atoms with E-state index in [1.165, 1.54) is 30.4 Å². The van der Waals surface area contributed by atoms with Gasteiger partial charge in [-0.1, -0.05) is 36.9 Å². The van der Waals surface area contributed by atoms with Crippen LogP contribution in [0.25, 0.3) is 0 Å². The zero-order valence-corrected chi connectivity index (χ0v) is 14.1. The van der Waals surface area contributed by atoms with Crippen molar-refractivity contribution in [3.8, 4) is 0 Å². The highest BCUT2D eigenvalue weighted by Gasteiger charge is 2.15. The predicted molar refractivity (Wildman–Crippen MR) is 102 cm³/mol. The first kappa shape index (κ1) is 15.2. The van der Waals surface area contributed by atoms with Gasteiger partial charge >= 0.3 is 0 Å². The molecule has 24 heavy (non-hydrogen) atoms. The van der Waals surface area contributed by atoms with Crippen molar-refractivity contribution in [3.05, 3.63) is 70.9 Å². The van der Waals surface area contributed by atoms with Gasteiger partial charge in [-0.25, -0.2) is 0 Å². The van der Waals surface area contributed by atoms with E-state index >= 15 is 0 Å². The SMILES string of the molecule is C=C(CCc1cccc2c1CCC2)Nc1cccc2c1N=CCC2. The minimum absolute atomic E-state index is 0.962. The van der Waals surface area contributed by atoms with Crippen LogP contribution in [-0.4, -0.2) is 6.21 Å². The molecule has 0 fully saturated rings. The molecule has 0 amide bonds. The van der Waals surface area contributed by atoms with Gasteiger partial charge in [0.1, 0.15) is 0 Å². The zero-order chi connectivity index (χ0) is 16.4. The molecule has 0 bridgehead atoms. The lowest BCUT2D eigenvalue weighted by atomic mass is 9.99. The predicted octanol–water partition coefficient (Wildman–Crippen LogP) is 5.38. The Balaban J connectivity index is 1.44. The molecule has 0 aromatic heterocycles. The summed E-state index contributed by atoms with van der Waals surface area (Å²) in [6.07, 6.45) is 9.96. The molecule has 2 nitrogen and oxygen atoms in total. The van der Waals surface area contributed by atoms with Crippen LogP contribution in [0.1, 0.15) is 41.5 Å². The van der Waals surface area contributed by atoms with E-state index in [0.29, 0.717) is 0 Å². The molecular formula is C22H24N2. The third-order valence-electron chi connectivity index (χ3n) is 5.13. The molecule has 1 aliphatic heterocycles. The Morgan fingerprint density at radius 1 is 1.04 bits per heavy atom. The summed E-state index contributed by atoms with van der Waals surface area (Å²) in [5, 5.41) is 3.50. The number of hydrogen-bond donors (Lipinski definition) is 1. The maximum absolute atomic E-state index is 4.58. The number of aryl methyl sites for hydroxylation is 3. The highest BCUT2D eigenvalue weighted by Crippen LogP contribution is 2.33. The van der Waals surface area contributed by atoms with Crippen molar-refractivity contribution in [1.29, 1.82) is 0 Å². The van der Waals surface area contributed by atoms with Crippen LogP contribution in [0, 0.1) is 0 Å². The zero-order valence-electron chi connectivity index (χ0n) is 14.1. The molecule has 122 valence electrons. The van der Waals surface area contributed by atoms with E-state index < -0.39 is 0 Å². The molecule has 0 saturated carbocycles. The van der Waals surface area contributed by atoms with Gasteiger partial charge in [0.2, 0.25) is 0 Å². The molecule has 1 N–H and O–H groups in total. The summed E-state index contributed by atoms with van der Waals surface area (Å²) in [5.74, 6) is 0. The van der Waals surface area contributed by atoms with Gasteiger partial charge in [0.25, 0.3) is 0 Å². The topological polar surface area (TPSA) is 24.4 Å². The number of fused-ring (bicyclic) bond motifs is 2. The fourth-order valence-electron chi connectivity index (χ4n) is 3.89. The van der Waals surface area contributed by atoms with Crippen molar-refractivity contribution in [2.24, 2.45) is 4.99 Å². The highest BCUT2D eigenvalue weighted by atomic mass is 14.9. The fraction of sp³-hybridized carbons (Fsp3) is 0.318. The van der Waals surface area contributed by atoms with Gasteiger partial charge in [-0.15, -0.1) is 0 Å². The lowest BCUT2D eigenvalue weighted by Gasteiger charge is -2.17. The lowest BCUT2D eigenvalue weighted by molar-refractivity contribution is 0.890. The molecule has 2 aromatic carbocycles. The second-order valence-electron chi connectivity index (χ2n) is 6.80. The Bertz CT molecular complexity index is 802. The standard InChI is InChI=1S/C22H24N2/c1-16(13-14-18-7-2-6-17-8-3-11-20(17)18)24-21-12-4-9-19-10-5-15-23-22(19)21/h2,4,6-7,9,12,15,24H,1,3,5,8,10-11,13-14H2. The van der Waals surface area contributed by atoms with Crippen LogP contribution in [0.5, 0.6) is 0 Å². The van der Waals surface area contributed by atoms with Crippen molar-refractivity contribution < 1.29 is 0 Å². The number of para-hydroxylation sites is 1. The summed E-state index contributed by atoms with van der Waals surface area (Å²) in [6.45, 7) is 4.24. The Labute approximate surface area is 144 Å². The van der Waals surface area contributed by atoms with Crippen molar-refractivity contribution in [1.82, 2.24) is 0 Å². The fourth-order valence-corrected chi connectivity index (χ4v) is 3.89. The molecule has 1 aliphatic carbocycles. The third kappa shape index (κ3) is 3.01. The second kappa shape index (κ2) is 6.64. The minimum Gasteiger partial charge on any atom is -0.358 e. The van der Waals surface area contributed by atoms with Gasteiger partial charge in [-0.2, -0.15) is 0 Å². The summed E-state index contributed by atoms with van der Waals surface area (Å²) in [4.78, 5) is 4.58. The van der Waals surface area contributed by atoms with Crippen LogP contribution >= 0.6 is 0 Å². The van der Waals surface area contributed by atoms with E-state index in [1.54, 1.807) is 11.1 Å². The van der Waals surface area contributed by atoms with Crippen LogP contribution in [0.15, 0.2) is 53.7 Å². The molecule has 0 spiro atoms. The highest BCUT2D eigenvalue weighted by molar-refractivity contribution is 5.78. The molecule has 0 unspecified atom stereocenters. The van der Waals surface area contributed by atoms with E-state index in [0.717, 1.165) is 42.8 Å². The molecule has 1 heterocycles. The Hall–Kier alpha value is -2.35. The third-order valence-corrected chi connectivity index (χ3v) is 5.13. The molecule has 0 radical (unpaired) electrons. The van der Waals surface area contributed by atoms with Crippen LogP contribution in [-0.2, 0) is 25.7 Å². The molecule has 0 atom stereocenters. The normalized spacial score (nSPS) is 15.0. The number of benzene rings is 2. The van der Waals surface area contributed by atoms with Gasteiger partial charge in [0, 0.05) is 11.9 Å². The summed E-state index contributed by atoms with van der Waals surface area (Å²) in [5.41, 5.74) is 9.22. The van der Waals surface area contributed by atoms with Crippen molar-refractivity contribution in [2.75, 3.05) is 5.32 Å². The number of aliphatic imine (C=N–C) groups is 1. The largest absolute Gasteiger partial charge is 0.358 e. The van der Waals surface area contributed by atoms with Crippen LogP contribution in [0.2, 0.25) is 0 Å². The van der Waals surface area contributed by atoms with Crippen LogP contribution < -0.4 is 5.32 Å². The quantitative estimate of drug-likeness (QED) is 0.786. The van der Waals surface area contributed by atoms with Gasteiger partial charge in [0.05, 0.1) is 11.4 Å². The maximum atomic E-state index is 4.58. The molecule has 0 saturated heterocycles. The monoisotopic (exact) mass is 316 g/mol. The smallest absolute Gasteiger partial charge is 0.0892 e. The second-order valence-corrected chi connectivity index (χ2v) is 6.80. The van der Waals surface area contributed by atoms with E-state index in [-0.39, 0.29) is 0 Å². The maximum Gasteiger partial charge on any atom is 0.0892 e. The summed E-state index contributed by atoms with van der Waals surface area (Å²) < 4.78 is 0. The Kier molecular flexibility index (Phi) is 4.20.